The number of hydrogen-bond donors (Lipinski definition) is 1. The average molecular weight is 280 g/mol. The number of nitrogens with zero attached hydrogens (tertiary/aromatic N) is 1. The molecule has 0 saturated heterocycles. The van der Waals surface area contributed by atoms with Gasteiger partial charge in [-0.1, -0.05) is 43.0 Å². The summed E-state index contributed by atoms with van der Waals surface area (Å²) < 4.78 is 15.1. The van der Waals surface area contributed by atoms with Crippen LogP contribution in [0.5, 0.6) is 0 Å². The highest BCUT2D eigenvalue weighted by molar-refractivity contribution is 5.50. The standard InChI is InChI=1S/C17H13FN2O/c1-12-15(11-13-7-5-6-10-16(13)18)17(21)20(19-12)14-8-3-2-4-9-14/h2-11,19H,1H2. The summed E-state index contributed by atoms with van der Waals surface area (Å²) >= 11 is 0. The van der Waals surface area contributed by atoms with E-state index in [1.54, 1.807) is 18.2 Å². The van der Waals surface area contributed by atoms with Gasteiger partial charge in [0.25, 0.3) is 5.56 Å². The second-order valence-corrected chi connectivity index (χ2v) is 4.65. The molecule has 0 saturated carbocycles. The normalized spacial score (nSPS) is 11.8. The zero-order valence-electron chi connectivity index (χ0n) is 11.2. The van der Waals surface area contributed by atoms with Crippen molar-refractivity contribution in [2.45, 2.75) is 0 Å². The summed E-state index contributed by atoms with van der Waals surface area (Å²) in [4.78, 5) is 12.4. The monoisotopic (exact) mass is 280 g/mol. The molecular weight excluding hydrogens is 267 g/mol. The van der Waals surface area contributed by atoms with Crippen LogP contribution in [0.1, 0.15) is 5.56 Å². The third kappa shape index (κ3) is 2.43. The molecule has 3 rings (SSSR count). The Morgan fingerprint density at radius 2 is 1.71 bits per heavy atom. The molecule has 3 nitrogen and oxygen atoms in total. The van der Waals surface area contributed by atoms with Crippen molar-refractivity contribution in [1.29, 1.82) is 0 Å². The number of aromatic nitrogens is 2. The number of halogens is 1. The highest BCUT2D eigenvalue weighted by Gasteiger charge is 2.05. The van der Waals surface area contributed by atoms with Crippen LogP contribution in [0.2, 0.25) is 0 Å². The maximum absolute atomic E-state index is 13.7. The van der Waals surface area contributed by atoms with E-state index in [-0.39, 0.29) is 11.4 Å². The number of rotatable bonds is 2. The summed E-state index contributed by atoms with van der Waals surface area (Å²) in [6.07, 6.45) is 1.51. The minimum absolute atomic E-state index is 0.255. The topological polar surface area (TPSA) is 37.8 Å². The third-order valence-corrected chi connectivity index (χ3v) is 3.22. The van der Waals surface area contributed by atoms with Crippen molar-refractivity contribution in [1.82, 2.24) is 9.78 Å². The van der Waals surface area contributed by atoms with Crippen molar-refractivity contribution in [2.75, 3.05) is 0 Å². The highest BCUT2D eigenvalue weighted by atomic mass is 19.1. The van der Waals surface area contributed by atoms with Crippen molar-refractivity contribution in [3.8, 4) is 5.69 Å². The largest absolute Gasteiger partial charge is 0.291 e. The summed E-state index contributed by atoms with van der Waals surface area (Å²) in [5.41, 5.74) is 0.814. The molecule has 0 radical (unpaired) electrons. The van der Waals surface area contributed by atoms with Gasteiger partial charge < -0.3 is 0 Å². The second-order valence-electron chi connectivity index (χ2n) is 4.65. The molecule has 1 heterocycles. The van der Waals surface area contributed by atoms with Gasteiger partial charge in [-0.3, -0.25) is 9.89 Å². The van der Waals surface area contributed by atoms with E-state index in [1.807, 2.05) is 30.3 Å². The van der Waals surface area contributed by atoms with Crippen LogP contribution in [-0.4, -0.2) is 9.78 Å². The van der Waals surface area contributed by atoms with Gasteiger partial charge >= 0.3 is 0 Å². The molecule has 1 N–H and O–H groups in total. The Balaban J connectivity index is 2.23. The first kappa shape index (κ1) is 13.1. The zero-order chi connectivity index (χ0) is 14.8. The molecule has 21 heavy (non-hydrogen) atoms. The number of hydrogen-bond acceptors (Lipinski definition) is 1. The Kier molecular flexibility index (Phi) is 3.28. The van der Waals surface area contributed by atoms with Gasteiger partial charge in [0, 0.05) is 5.56 Å². The van der Waals surface area contributed by atoms with Gasteiger partial charge in [0.1, 0.15) is 5.82 Å². The number of nitrogens with one attached hydrogen (secondary N) is 1. The van der Waals surface area contributed by atoms with Crippen LogP contribution < -0.4 is 16.1 Å². The lowest BCUT2D eigenvalue weighted by atomic mass is 10.2. The first-order valence-electron chi connectivity index (χ1n) is 6.48. The van der Waals surface area contributed by atoms with E-state index in [0.29, 0.717) is 21.8 Å². The van der Waals surface area contributed by atoms with E-state index in [0.717, 1.165) is 0 Å². The fourth-order valence-electron chi connectivity index (χ4n) is 2.15. The molecule has 0 aliphatic rings. The Morgan fingerprint density at radius 1 is 1.05 bits per heavy atom. The molecule has 0 bridgehead atoms. The quantitative estimate of drug-likeness (QED) is 0.760. The fourth-order valence-corrected chi connectivity index (χ4v) is 2.15. The number of H-pyrrole nitrogens is 1. The summed E-state index contributed by atoms with van der Waals surface area (Å²) in [7, 11) is 0. The molecule has 3 aromatic rings. The van der Waals surface area contributed by atoms with Gasteiger partial charge in [-0.25, -0.2) is 9.07 Å². The smallest absolute Gasteiger partial charge is 0.279 e. The number of para-hydroxylation sites is 1. The minimum atomic E-state index is -0.372. The van der Waals surface area contributed by atoms with E-state index in [1.165, 1.54) is 16.8 Å². The van der Waals surface area contributed by atoms with E-state index < -0.39 is 0 Å². The third-order valence-electron chi connectivity index (χ3n) is 3.22. The minimum Gasteiger partial charge on any atom is -0.291 e. The molecule has 0 amide bonds. The van der Waals surface area contributed by atoms with Gasteiger partial charge in [-0.05, 0) is 24.3 Å². The molecular formula is C17H13FN2O. The molecule has 1 aromatic heterocycles. The molecule has 4 heteroatoms. The Morgan fingerprint density at radius 3 is 2.43 bits per heavy atom. The average Bonchev–Trinajstić information content (AvgIpc) is 2.78. The number of aromatic amines is 1. The first-order valence-corrected chi connectivity index (χ1v) is 6.48. The van der Waals surface area contributed by atoms with E-state index in [9.17, 15) is 9.18 Å². The summed E-state index contributed by atoms with van der Waals surface area (Å²) in [6.45, 7) is 3.82. The first-order chi connectivity index (χ1) is 10.2. The maximum atomic E-state index is 13.7. The predicted molar refractivity (Wildman–Crippen MR) is 81.1 cm³/mol. The lowest BCUT2D eigenvalue weighted by Gasteiger charge is -1.98. The zero-order valence-corrected chi connectivity index (χ0v) is 11.2. The van der Waals surface area contributed by atoms with Crippen LogP contribution in [0.15, 0.2) is 59.4 Å². The van der Waals surface area contributed by atoms with Crippen LogP contribution in [0.4, 0.5) is 4.39 Å². The van der Waals surface area contributed by atoms with Crippen LogP contribution in [0.25, 0.3) is 18.3 Å². The van der Waals surface area contributed by atoms with Gasteiger partial charge in [-0.15, -0.1) is 0 Å². The van der Waals surface area contributed by atoms with Crippen LogP contribution in [0, 0.1) is 5.82 Å². The second kappa shape index (κ2) is 5.25. The maximum Gasteiger partial charge on any atom is 0.279 e. The van der Waals surface area contributed by atoms with E-state index in [4.69, 9.17) is 0 Å². The molecule has 2 aromatic carbocycles. The Labute approximate surface area is 120 Å². The van der Waals surface area contributed by atoms with Gasteiger partial charge in [0.15, 0.2) is 0 Å². The van der Waals surface area contributed by atoms with Crippen molar-refractivity contribution in [3.05, 3.63) is 86.9 Å². The lowest BCUT2D eigenvalue weighted by Crippen LogP contribution is -2.34. The van der Waals surface area contributed by atoms with E-state index >= 15 is 0 Å². The van der Waals surface area contributed by atoms with E-state index in [2.05, 4.69) is 11.7 Å². The lowest BCUT2D eigenvalue weighted by molar-refractivity contribution is 0.625. The van der Waals surface area contributed by atoms with Gasteiger partial charge in [0.05, 0.1) is 16.3 Å². The van der Waals surface area contributed by atoms with Crippen molar-refractivity contribution >= 4 is 12.7 Å². The molecule has 0 spiro atoms. The predicted octanol–water partition coefficient (Wildman–Crippen LogP) is 1.54. The molecule has 0 aliphatic carbocycles. The molecule has 0 atom stereocenters. The van der Waals surface area contributed by atoms with Crippen LogP contribution >= 0.6 is 0 Å². The van der Waals surface area contributed by atoms with Crippen molar-refractivity contribution in [3.63, 3.8) is 0 Å². The molecule has 0 aliphatic heterocycles. The van der Waals surface area contributed by atoms with Crippen LogP contribution in [0.3, 0.4) is 0 Å². The molecule has 0 unspecified atom stereocenters. The summed E-state index contributed by atoms with van der Waals surface area (Å²) in [5.74, 6) is -0.372. The van der Waals surface area contributed by atoms with Crippen molar-refractivity contribution in [2.24, 2.45) is 0 Å². The summed E-state index contributed by atoms with van der Waals surface area (Å²) in [6, 6.07) is 15.5. The van der Waals surface area contributed by atoms with Gasteiger partial charge in [0.2, 0.25) is 0 Å². The Hall–Kier alpha value is -2.88. The van der Waals surface area contributed by atoms with Crippen LogP contribution in [-0.2, 0) is 0 Å². The summed E-state index contributed by atoms with van der Waals surface area (Å²) in [5, 5.41) is 3.71. The van der Waals surface area contributed by atoms with Gasteiger partial charge in [-0.2, -0.15) is 0 Å². The number of benzene rings is 2. The van der Waals surface area contributed by atoms with Crippen molar-refractivity contribution < 1.29 is 4.39 Å². The molecule has 104 valence electrons. The highest BCUT2D eigenvalue weighted by Crippen LogP contribution is 2.06. The Bertz CT molecular complexity index is 939. The SMILES string of the molecule is C=c1[nH]n(-c2ccccc2)c(=O)c1=Cc1ccccc1F. The fraction of sp³-hybridized carbons (Fsp3) is 0. The molecule has 0 fully saturated rings.